The first-order valence-electron chi connectivity index (χ1n) is 5.80. The average Bonchev–Trinajstić information content (AvgIpc) is 3.20. The minimum atomic E-state index is -0.641. The highest BCUT2D eigenvalue weighted by Gasteiger charge is 2.34. The molecule has 3 N–H and O–H groups in total. The van der Waals surface area contributed by atoms with E-state index >= 15 is 0 Å². The molecule has 2 rings (SSSR count). The van der Waals surface area contributed by atoms with Gasteiger partial charge in [-0.25, -0.2) is 0 Å². The third kappa shape index (κ3) is 3.34. The molecule has 106 valence electrons. The van der Waals surface area contributed by atoms with E-state index in [0.717, 1.165) is 12.8 Å². The lowest BCUT2D eigenvalue weighted by molar-refractivity contribution is -0.385. The van der Waals surface area contributed by atoms with Crippen molar-refractivity contribution in [1.29, 1.82) is 0 Å². The standard InChI is InChI=1S/C12H16N2O4.ClH/c1-18-10-5-4-8(6-9(10)14(16)17)11(13)12(15)7-2-3-7;/h4-7,11-12,15H,2-3,13H2,1H3;1H/t11-,12+;/m0./s1. The molecule has 1 aromatic carbocycles. The molecule has 0 bridgehead atoms. The molecule has 1 saturated carbocycles. The lowest BCUT2D eigenvalue weighted by Crippen LogP contribution is -2.27. The number of methoxy groups -OCH3 is 1. The molecule has 7 heteroatoms. The van der Waals surface area contributed by atoms with Crippen LogP contribution < -0.4 is 10.5 Å². The predicted molar refractivity (Wildman–Crippen MR) is 72.6 cm³/mol. The van der Waals surface area contributed by atoms with Gasteiger partial charge in [-0.2, -0.15) is 0 Å². The zero-order chi connectivity index (χ0) is 13.3. The highest BCUT2D eigenvalue weighted by atomic mass is 35.5. The van der Waals surface area contributed by atoms with Gasteiger partial charge in [0.1, 0.15) is 0 Å². The lowest BCUT2D eigenvalue weighted by Gasteiger charge is -2.18. The fourth-order valence-corrected chi connectivity index (χ4v) is 1.99. The van der Waals surface area contributed by atoms with E-state index in [0.29, 0.717) is 5.56 Å². The molecule has 6 nitrogen and oxygen atoms in total. The number of nitrogens with zero attached hydrogens (tertiary/aromatic N) is 1. The molecule has 0 saturated heterocycles. The largest absolute Gasteiger partial charge is 0.490 e. The maximum atomic E-state index is 10.9. The molecule has 1 fully saturated rings. The van der Waals surface area contributed by atoms with Crippen LogP contribution in [0.15, 0.2) is 18.2 Å². The van der Waals surface area contributed by atoms with Gasteiger partial charge in [-0.05, 0) is 30.4 Å². The summed E-state index contributed by atoms with van der Waals surface area (Å²) >= 11 is 0. The summed E-state index contributed by atoms with van der Waals surface area (Å²) in [5.41, 5.74) is 6.35. The van der Waals surface area contributed by atoms with Crippen molar-refractivity contribution >= 4 is 18.1 Å². The van der Waals surface area contributed by atoms with E-state index < -0.39 is 17.1 Å². The third-order valence-electron chi connectivity index (χ3n) is 3.26. The second-order valence-electron chi connectivity index (χ2n) is 4.54. The first kappa shape index (κ1) is 15.7. The fraction of sp³-hybridized carbons (Fsp3) is 0.500. The quantitative estimate of drug-likeness (QED) is 0.636. The number of hydrogen-bond acceptors (Lipinski definition) is 5. The van der Waals surface area contributed by atoms with Crippen LogP contribution >= 0.6 is 12.4 Å². The summed E-state index contributed by atoms with van der Waals surface area (Å²) in [6.45, 7) is 0. The van der Waals surface area contributed by atoms with Crippen molar-refractivity contribution in [2.24, 2.45) is 11.7 Å². The molecule has 1 aliphatic rings. The van der Waals surface area contributed by atoms with Gasteiger partial charge in [0.25, 0.3) is 0 Å². The number of nitro benzene ring substituents is 1. The Morgan fingerprint density at radius 3 is 2.63 bits per heavy atom. The number of rotatable bonds is 5. The summed E-state index contributed by atoms with van der Waals surface area (Å²) < 4.78 is 4.92. The van der Waals surface area contributed by atoms with Crippen LogP contribution in [0.25, 0.3) is 0 Å². The molecule has 0 amide bonds. The molecule has 0 unspecified atom stereocenters. The number of nitro groups is 1. The Kier molecular flexibility index (Phi) is 5.11. The maximum absolute atomic E-state index is 10.9. The smallest absolute Gasteiger partial charge is 0.311 e. The Morgan fingerprint density at radius 2 is 2.16 bits per heavy atom. The first-order valence-corrected chi connectivity index (χ1v) is 5.80. The SMILES string of the molecule is COc1ccc([C@H](N)[C@H](O)C2CC2)cc1[N+](=O)[O-].Cl. The normalized spacial score (nSPS) is 17.2. The molecular formula is C12H17ClN2O4. The number of ether oxygens (including phenoxy) is 1. The Balaban J connectivity index is 0.00000180. The number of nitrogens with two attached hydrogens (primary N) is 1. The van der Waals surface area contributed by atoms with Crippen LogP contribution in [-0.4, -0.2) is 23.2 Å². The van der Waals surface area contributed by atoms with Gasteiger partial charge in [0.05, 0.1) is 24.2 Å². The third-order valence-corrected chi connectivity index (χ3v) is 3.26. The maximum Gasteiger partial charge on any atom is 0.311 e. The van der Waals surface area contributed by atoms with E-state index in [2.05, 4.69) is 0 Å². The monoisotopic (exact) mass is 288 g/mol. The van der Waals surface area contributed by atoms with Gasteiger partial charge in [0, 0.05) is 6.07 Å². The second kappa shape index (κ2) is 6.18. The van der Waals surface area contributed by atoms with E-state index in [-0.39, 0.29) is 29.8 Å². The van der Waals surface area contributed by atoms with Crippen LogP contribution in [-0.2, 0) is 0 Å². The van der Waals surface area contributed by atoms with E-state index in [1.807, 2.05) is 0 Å². The lowest BCUT2D eigenvalue weighted by atomic mass is 9.98. The summed E-state index contributed by atoms with van der Waals surface area (Å²) in [5, 5.41) is 20.8. The van der Waals surface area contributed by atoms with E-state index in [1.165, 1.54) is 19.2 Å². The summed E-state index contributed by atoms with van der Waals surface area (Å²) in [6.07, 6.45) is 1.29. The predicted octanol–water partition coefficient (Wildman–Crippen LogP) is 1.80. The van der Waals surface area contributed by atoms with Crippen molar-refractivity contribution in [3.8, 4) is 5.75 Å². The Hall–Kier alpha value is -1.37. The van der Waals surface area contributed by atoms with Crippen molar-refractivity contribution in [2.75, 3.05) is 7.11 Å². The molecule has 0 aliphatic heterocycles. The molecule has 1 aromatic rings. The summed E-state index contributed by atoms with van der Waals surface area (Å²) in [4.78, 5) is 10.4. The molecule has 2 atom stereocenters. The topological polar surface area (TPSA) is 98.6 Å². The van der Waals surface area contributed by atoms with Gasteiger partial charge in [-0.1, -0.05) is 6.07 Å². The molecule has 0 radical (unpaired) electrons. The van der Waals surface area contributed by atoms with Gasteiger partial charge in [0.15, 0.2) is 5.75 Å². The summed E-state index contributed by atoms with van der Waals surface area (Å²) in [5.74, 6) is 0.415. The number of halogens is 1. The van der Waals surface area contributed by atoms with Gasteiger partial charge < -0.3 is 15.6 Å². The van der Waals surface area contributed by atoms with Gasteiger partial charge in [0.2, 0.25) is 0 Å². The van der Waals surface area contributed by atoms with Crippen LogP contribution in [0, 0.1) is 16.0 Å². The zero-order valence-corrected chi connectivity index (χ0v) is 11.3. The van der Waals surface area contributed by atoms with Crippen LogP contribution in [0.5, 0.6) is 5.75 Å². The minimum Gasteiger partial charge on any atom is -0.490 e. The fourth-order valence-electron chi connectivity index (χ4n) is 1.99. The van der Waals surface area contributed by atoms with Crippen molar-refractivity contribution in [2.45, 2.75) is 25.0 Å². The molecule has 19 heavy (non-hydrogen) atoms. The van der Waals surface area contributed by atoms with Crippen LogP contribution in [0.3, 0.4) is 0 Å². The van der Waals surface area contributed by atoms with Crippen molar-refractivity contribution < 1.29 is 14.8 Å². The zero-order valence-electron chi connectivity index (χ0n) is 10.5. The van der Waals surface area contributed by atoms with Gasteiger partial charge >= 0.3 is 5.69 Å². The Labute approximate surface area is 117 Å². The van der Waals surface area contributed by atoms with Crippen molar-refractivity contribution in [3.05, 3.63) is 33.9 Å². The Bertz CT molecular complexity index is 465. The molecular weight excluding hydrogens is 272 g/mol. The van der Waals surface area contributed by atoms with E-state index in [9.17, 15) is 15.2 Å². The van der Waals surface area contributed by atoms with Crippen molar-refractivity contribution in [3.63, 3.8) is 0 Å². The van der Waals surface area contributed by atoms with Crippen LogP contribution in [0.1, 0.15) is 24.4 Å². The van der Waals surface area contributed by atoms with Gasteiger partial charge in [-0.3, -0.25) is 10.1 Å². The number of aliphatic hydroxyl groups is 1. The highest BCUT2D eigenvalue weighted by Crippen LogP contribution is 2.38. The van der Waals surface area contributed by atoms with Crippen molar-refractivity contribution in [1.82, 2.24) is 0 Å². The van der Waals surface area contributed by atoms with Crippen LogP contribution in [0.4, 0.5) is 5.69 Å². The molecule has 0 heterocycles. The molecule has 1 aliphatic carbocycles. The van der Waals surface area contributed by atoms with E-state index in [4.69, 9.17) is 10.5 Å². The van der Waals surface area contributed by atoms with Crippen LogP contribution in [0.2, 0.25) is 0 Å². The molecule has 0 aromatic heterocycles. The summed E-state index contributed by atoms with van der Waals surface area (Å²) in [6, 6.07) is 3.94. The molecule has 0 spiro atoms. The number of hydrogen-bond donors (Lipinski definition) is 2. The summed E-state index contributed by atoms with van der Waals surface area (Å²) in [7, 11) is 1.38. The number of aliphatic hydroxyl groups excluding tert-OH is 1. The number of benzene rings is 1. The minimum absolute atomic E-state index is 0. The first-order chi connectivity index (χ1) is 8.54. The Morgan fingerprint density at radius 1 is 1.53 bits per heavy atom. The van der Waals surface area contributed by atoms with Gasteiger partial charge in [-0.15, -0.1) is 12.4 Å². The van der Waals surface area contributed by atoms with E-state index in [1.54, 1.807) is 6.07 Å². The average molecular weight is 289 g/mol. The second-order valence-corrected chi connectivity index (χ2v) is 4.54. The highest BCUT2D eigenvalue weighted by molar-refractivity contribution is 5.85.